The lowest BCUT2D eigenvalue weighted by Crippen LogP contribution is -2.44. The van der Waals surface area contributed by atoms with Crippen molar-refractivity contribution in [3.63, 3.8) is 0 Å². The smallest absolute Gasteiger partial charge is 0.326 e. The molecule has 0 aromatic heterocycles. The van der Waals surface area contributed by atoms with Crippen molar-refractivity contribution in [3.05, 3.63) is 70.8 Å². The molecule has 11 heteroatoms. The number of esters is 2. The molecule has 2 rings (SSSR count). The van der Waals surface area contributed by atoms with Crippen molar-refractivity contribution in [3.8, 4) is 23.1 Å². The van der Waals surface area contributed by atoms with Gasteiger partial charge in [0.2, 0.25) is 0 Å². The number of ether oxygens (including phenoxy) is 2. The number of sulfone groups is 2. The summed E-state index contributed by atoms with van der Waals surface area (Å²) in [7, 11) is -4.75. The van der Waals surface area contributed by atoms with E-state index in [1.54, 1.807) is 12.1 Å². The van der Waals surface area contributed by atoms with Crippen LogP contribution in [0.15, 0.2) is 48.5 Å². The Kier molecular flexibility index (Phi) is 13.3. The number of carbonyl (C=O) groups is 2. The van der Waals surface area contributed by atoms with Crippen molar-refractivity contribution in [2.24, 2.45) is 0 Å². The van der Waals surface area contributed by atoms with Gasteiger partial charge in [-0.15, -0.1) is 6.42 Å². The third-order valence-electron chi connectivity index (χ3n) is 6.92. The molecule has 0 aliphatic rings. The first kappa shape index (κ1) is 35.9. The molecule has 0 saturated heterocycles. The number of hydrogen-bond donors (Lipinski definition) is 0. The van der Waals surface area contributed by atoms with Crippen LogP contribution >= 0.6 is 15.9 Å². The fourth-order valence-corrected chi connectivity index (χ4v) is 5.60. The maximum atomic E-state index is 11.9. The minimum Gasteiger partial charge on any atom is -0.468 e. The fourth-order valence-electron chi connectivity index (χ4n) is 3.65. The minimum absolute atomic E-state index is 0.161. The Balaban J connectivity index is 0.000000410. The Labute approximate surface area is 252 Å². The number of hydrogen-bond acceptors (Lipinski definition) is 8. The van der Waals surface area contributed by atoms with Crippen LogP contribution in [0, 0.1) is 23.1 Å². The summed E-state index contributed by atoms with van der Waals surface area (Å²) in [5, 5.41) is 0. The molecule has 0 saturated carbocycles. The van der Waals surface area contributed by atoms with Gasteiger partial charge in [-0.25, -0.2) is 16.8 Å². The van der Waals surface area contributed by atoms with Gasteiger partial charge in [-0.05, 0) is 79.8 Å². The van der Waals surface area contributed by atoms with E-state index in [-0.39, 0.29) is 12.8 Å². The monoisotopic (exact) mass is 666 g/mol. The second kappa shape index (κ2) is 15.2. The first-order chi connectivity index (χ1) is 19.0. The highest BCUT2D eigenvalue weighted by atomic mass is 79.9. The molecular weight excluding hydrogens is 632 g/mol. The predicted molar refractivity (Wildman–Crippen MR) is 164 cm³/mol. The summed E-state index contributed by atoms with van der Waals surface area (Å²) in [5.41, 5.74) is 3.47. The van der Waals surface area contributed by atoms with Crippen LogP contribution in [-0.4, -0.2) is 65.0 Å². The van der Waals surface area contributed by atoms with Crippen LogP contribution < -0.4 is 0 Å². The number of carbonyl (C=O) groups excluding carboxylic acids is 2. The van der Waals surface area contributed by atoms with E-state index in [2.05, 4.69) is 42.1 Å². The molecule has 0 radical (unpaired) electrons. The number of methoxy groups -OCH3 is 2. The molecule has 2 aromatic carbocycles. The van der Waals surface area contributed by atoms with Crippen molar-refractivity contribution >= 4 is 47.5 Å². The first-order valence-corrected chi connectivity index (χ1v) is 16.9. The maximum Gasteiger partial charge on any atom is 0.326 e. The summed E-state index contributed by atoms with van der Waals surface area (Å²) in [6.45, 7) is 2.79. The van der Waals surface area contributed by atoms with Crippen LogP contribution in [0.25, 0.3) is 0 Å². The van der Waals surface area contributed by atoms with Crippen LogP contribution in [0.5, 0.6) is 0 Å². The maximum absolute atomic E-state index is 11.9. The third kappa shape index (κ3) is 9.74. The standard InChI is InChI=1S/C15H17BrO4S.C15H18O4S/c1-15(14(17)20-2,21(3,18)19)10-8-12-4-6-13(7-5-12)9-11-16;1-5-12-6-8-13(9-7-12)10-11-15(2,14(16)19-3)20(4,17)18/h4-7H,8,10H2,1-3H3;1,6-9H,10-11H2,2-4H3. The summed E-state index contributed by atoms with van der Waals surface area (Å²) in [6, 6.07) is 14.7. The first-order valence-electron chi connectivity index (χ1n) is 12.3. The quantitative estimate of drug-likeness (QED) is 0.277. The van der Waals surface area contributed by atoms with Gasteiger partial charge < -0.3 is 9.47 Å². The predicted octanol–water partition coefficient (Wildman–Crippen LogP) is 3.88. The van der Waals surface area contributed by atoms with E-state index in [4.69, 9.17) is 6.42 Å². The molecule has 2 unspecified atom stereocenters. The molecule has 0 heterocycles. The topological polar surface area (TPSA) is 121 Å². The van der Waals surface area contributed by atoms with Gasteiger partial charge in [0.25, 0.3) is 0 Å². The molecule has 2 aromatic rings. The zero-order chi connectivity index (χ0) is 31.5. The Bertz CT molecular complexity index is 1530. The van der Waals surface area contributed by atoms with Crippen molar-refractivity contribution in [1.82, 2.24) is 0 Å². The van der Waals surface area contributed by atoms with Gasteiger partial charge in [-0.3, -0.25) is 9.59 Å². The summed E-state index contributed by atoms with van der Waals surface area (Å²) in [5.74, 6) is 3.90. The molecule has 0 aliphatic carbocycles. The average molecular weight is 668 g/mol. The highest BCUT2D eigenvalue weighted by molar-refractivity contribution is 9.12. The lowest BCUT2D eigenvalue weighted by molar-refractivity contribution is -0.144. The van der Waals surface area contributed by atoms with Crippen molar-refractivity contribution in [2.75, 3.05) is 26.7 Å². The zero-order valence-electron chi connectivity index (χ0n) is 24.0. The molecule has 8 nitrogen and oxygen atoms in total. The Morgan fingerprint density at radius 3 is 1.37 bits per heavy atom. The molecule has 0 amide bonds. The Hall–Kier alpha value is -3.12. The van der Waals surface area contributed by atoms with E-state index in [0.717, 1.165) is 34.8 Å². The number of rotatable bonds is 10. The molecular formula is C30H35BrO8S2. The lowest BCUT2D eigenvalue weighted by atomic mass is 9.99. The summed E-state index contributed by atoms with van der Waals surface area (Å²) in [6.07, 6.45) is 8.60. The second-order valence-electron chi connectivity index (χ2n) is 9.75. The average Bonchev–Trinajstić information content (AvgIpc) is 2.93. The fraction of sp³-hybridized carbons (Fsp3) is 0.400. The van der Waals surface area contributed by atoms with E-state index in [1.165, 1.54) is 28.1 Å². The van der Waals surface area contributed by atoms with Crippen LogP contribution in [0.1, 0.15) is 48.9 Å². The minimum atomic E-state index is -3.57. The molecule has 0 fully saturated rings. The van der Waals surface area contributed by atoms with Gasteiger partial charge in [-0.2, -0.15) is 0 Å². The van der Waals surface area contributed by atoms with E-state index in [0.29, 0.717) is 12.8 Å². The molecule has 0 N–H and O–H groups in total. The number of aryl methyl sites for hydroxylation is 2. The molecule has 222 valence electrons. The summed E-state index contributed by atoms with van der Waals surface area (Å²) >= 11 is 3.03. The summed E-state index contributed by atoms with van der Waals surface area (Å²) < 4.78 is 53.7. The van der Waals surface area contributed by atoms with Gasteiger partial charge in [0.1, 0.15) is 0 Å². The molecule has 2 atom stereocenters. The highest BCUT2D eigenvalue weighted by Crippen LogP contribution is 2.26. The Morgan fingerprint density at radius 2 is 1.10 bits per heavy atom. The zero-order valence-corrected chi connectivity index (χ0v) is 27.2. The van der Waals surface area contributed by atoms with Crippen molar-refractivity contribution in [1.29, 1.82) is 0 Å². The van der Waals surface area contributed by atoms with E-state index in [1.807, 2.05) is 36.4 Å². The van der Waals surface area contributed by atoms with Crippen LogP contribution in [0.2, 0.25) is 0 Å². The van der Waals surface area contributed by atoms with Crippen molar-refractivity contribution < 1.29 is 35.9 Å². The van der Waals surface area contributed by atoms with Crippen LogP contribution in [0.3, 0.4) is 0 Å². The number of terminal acetylenes is 1. The molecule has 0 bridgehead atoms. The van der Waals surface area contributed by atoms with Crippen molar-refractivity contribution in [2.45, 2.75) is 49.0 Å². The van der Waals surface area contributed by atoms with Gasteiger partial charge in [0.05, 0.1) is 14.2 Å². The molecule has 0 spiro atoms. The summed E-state index contributed by atoms with van der Waals surface area (Å²) in [4.78, 5) is 26.2. The van der Waals surface area contributed by atoms with Gasteiger partial charge in [0, 0.05) is 39.6 Å². The van der Waals surface area contributed by atoms with Gasteiger partial charge in [-0.1, -0.05) is 36.1 Å². The number of halogens is 1. The Morgan fingerprint density at radius 1 is 0.756 bits per heavy atom. The number of benzene rings is 2. The van der Waals surface area contributed by atoms with Gasteiger partial charge >= 0.3 is 11.9 Å². The van der Waals surface area contributed by atoms with E-state index >= 15 is 0 Å². The SMILES string of the molecule is C#Cc1ccc(CCC(C)(C(=O)OC)S(C)(=O)=O)cc1.COC(=O)C(C)(CCc1ccc(C#CBr)cc1)S(C)(=O)=O. The normalized spacial score (nSPS) is 13.9. The molecule has 41 heavy (non-hydrogen) atoms. The molecule has 0 aliphatic heterocycles. The van der Waals surface area contributed by atoms with Crippen LogP contribution in [-0.2, 0) is 51.6 Å². The third-order valence-corrected chi connectivity index (χ3v) is 11.1. The second-order valence-corrected chi connectivity index (χ2v) is 15.0. The van der Waals surface area contributed by atoms with E-state index < -0.39 is 41.1 Å². The largest absolute Gasteiger partial charge is 0.468 e. The van der Waals surface area contributed by atoms with Crippen LogP contribution in [0.4, 0.5) is 0 Å². The van der Waals surface area contributed by atoms with Gasteiger partial charge in [0.15, 0.2) is 29.2 Å². The lowest BCUT2D eigenvalue weighted by Gasteiger charge is -2.24. The van der Waals surface area contributed by atoms with E-state index in [9.17, 15) is 26.4 Å². The highest BCUT2D eigenvalue weighted by Gasteiger charge is 2.45.